The van der Waals surface area contributed by atoms with Gasteiger partial charge in [0.2, 0.25) is 6.10 Å². The summed E-state index contributed by atoms with van der Waals surface area (Å²) in [7, 11) is 1.99. The van der Waals surface area contributed by atoms with Gasteiger partial charge in [0, 0.05) is 35.1 Å². The Hall–Kier alpha value is -4.24. The zero-order valence-electron chi connectivity index (χ0n) is 20.8. The first kappa shape index (κ1) is 24.1. The van der Waals surface area contributed by atoms with Crippen LogP contribution < -0.4 is 25.6 Å². The summed E-state index contributed by atoms with van der Waals surface area (Å²) in [6.07, 6.45) is 7.10. The summed E-state index contributed by atoms with van der Waals surface area (Å²) in [4.78, 5) is 17.7. The molecule has 6 rings (SSSR count). The van der Waals surface area contributed by atoms with Crippen LogP contribution in [0.2, 0.25) is 0 Å². The molecule has 8 nitrogen and oxygen atoms in total. The van der Waals surface area contributed by atoms with Gasteiger partial charge in [-0.15, -0.1) is 0 Å². The van der Waals surface area contributed by atoms with Gasteiger partial charge in [0.1, 0.15) is 20.3 Å². The van der Waals surface area contributed by atoms with Gasteiger partial charge in [-0.3, -0.25) is 4.79 Å². The number of allylic oxidation sites excluding steroid dienone is 4. The van der Waals surface area contributed by atoms with Gasteiger partial charge in [-0.1, -0.05) is 48.0 Å². The normalized spacial score (nSPS) is 16.5. The molecule has 0 spiro atoms. The number of carbonyl (C=O) groups excluding carboxylic acids is 1. The van der Waals surface area contributed by atoms with Gasteiger partial charge in [0.25, 0.3) is 5.91 Å². The van der Waals surface area contributed by atoms with E-state index in [1.54, 1.807) is 16.8 Å². The van der Waals surface area contributed by atoms with Crippen LogP contribution >= 0.6 is 11.6 Å². The van der Waals surface area contributed by atoms with E-state index in [9.17, 15) is 4.79 Å². The average Bonchev–Trinajstić information content (AvgIpc) is 3.32. The molecule has 1 atom stereocenters. The molecular weight excluding hydrogens is 501 g/mol. The molecule has 38 heavy (non-hydrogen) atoms. The summed E-state index contributed by atoms with van der Waals surface area (Å²) < 4.78 is 13.3. The SMILES string of the molecule is Bc1cnn2c(NCc3cccc(NC(=O)C4COc5ccccc5O4)c3)cc(C3=CCCC=C3Cl)nc12. The molecule has 3 heterocycles. The number of hydrogen-bond acceptors (Lipinski definition) is 6. The van der Waals surface area contributed by atoms with Crippen molar-refractivity contribution >= 4 is 53.5 Å². The van der Waals surface area contributed by atoms with Gasteiger partial charge in [0.15, 0.2) is 17.1 Å². The van der Waals surface area contributed by atoms with Crippen LogP contribution in [0.25, 0.3) is 11.2 Å². The van der Waals surface area contributed by atoms with Crippen molar-refractivity contribution in [3.05, 3.63) is 89.2 Å². The van der Waals surface area contributed by atoms with E-state index in [4.69, 9.17) is 26.1 Å². The third-order valence-corrected chi connectivity index (χ3v) is 6.85. The molecule has 1 aliphatic heterocycles. The van der Waals surface area contributed by atoms with Gasteiger partial charge in [-0.05, 0) is 48.1 Å². The van der Waals surface area contributed by atoms with Crippen LogP contribution in [0.3, 0.4) is 0 Å². The Bertz CT molecular complexity index is 1600. The zero-order valence-corrected chi connectivity index (χ0v) is 21.5. The number of aromatic nitrogens is 3. The quantitative estimate of drug-likeness (QED) is 0.373. The molecule has 1 unspecified atom stereocenters. The molecule has 190 valence electrons. The number of nitrogens with one attached hydrogen (secondary N) is 2. The largest absolute Gasteiger partial charge is 0.485 e. The Morgan fingerprint density at radius 1 is 1.11 bits per heavy atom. The molecular formula is C28H25BClN5O3. The van der Waals surface area contributed by atoms with E-state index in [0.29, 0.717) is 23.7 Å². The van der Waals surface area contributed by atoms with E-state index >= 15 is 0 Å². The molecule has 0 radical (unpaired) electrons. The second-order valence-electron chi connectivity index (χ2n) is 9.24. The minimum Gasteiger partial charge on any atom is -0.485 e. The molecule has 1 amide bonds. The minimum absolute atomic E-state index is 0.156. The lowest BCUT2D eigenvalue weighted by molar-refractivity contribution is -0.125. The first-order valence-electron chi connectivity index (χ1n) is 12.5. The lowest BCUT2D eigenvalue weighted by atomic mass is 10.00. The molecule has 2 N–H and O–H groups in total. The first-order chi connectivity index (χ1) is 18.5. The highest BCUT2D eigenvalue weighted by atomic mass is 35.5. The van der Waals surface area contributed by atoms with E-state index in [1.807, 2.05) is 62.5 Å². The highest BCUT2D eigenvalue weighted by molar-refractivity contribution is 6.37. The topological polar surface area (TPSA) is 89.8 Å². The number of fused-ring (bicyclic) bond motifs is 2. The van der Waals surface area contributed by atoms with Crippen LogP contribution in [0, 0.1) is 0 Å². The summed E-state index contributed by atoms with van der Waals surface area (Å²) in [6, 6.07) is 17.0. The maximum Gasteiger partial charge on any atom is 0.269 e. The summed E-state index contributed by atoms with van der Waals surface area (Å²) in [5.74, 6) is 1.75. The predicted molar refractivity (Wildman–Crippen MR) is 151 cm³/mol. The van der Waals surface area contributed by atoms with Crippen LogP contribution in [0.15, 0.2) is 78.0 Å². The van der Waals surface area contributed by atoms with Crippen molar-refractivity contribution in [1.82, 2.24) is 14.6 Å². The van der Waals surface area contributed by atoms with Crippen LogP contribution in [0.4, 0.5) is 11.5 Å². The summed E-state index contributed by atoms with van der Waals surface area (Å²) >= 11 is 6.51. The second-order valence-corrected chi connectivity index (χ2v) is 9.65. The van der Waals surface area contributed by atoms with E-state index in [1.165, 1.54) is 0 Å². The number of amides is 1. The number of anilines is 2. The molecule has 2 aliphatic rings. The predicted octanol–water partition coefficient (Wildman–Crippen LogP) is 3.68. The lowest BCUT2D eigenvalue weighted by Crippen LogP contribution is -2.40. The Balaban J connectivity index is 1.18. The second kappa shape index (κ2) is 10.3. The molecule has 4 aromatic rings. The number of nitrogens with zero attached hydrogens (tertiary/aromatic N) is 3. The molecule has 0 fully saturated rings. The number of benzene rings is 2. The molecule has 2 aromatic carbocycles. The van der Waals surface area contributed by atoms with Crippen molar-refractivity contribution in [2.24, 2.45) is 0 Å². The lowest BCUT2D eigenvalue weighted by Gasteiger charge is -2.25. The fraction of sp³-hybridized carbons (Fsp3) is 0.179. The molecule has 1 aliphatic carbocycles. The van der Waals surface area contributed by atoms with Crippen LogP contribution in [-0.2, 0) is 11.3 Å². The number of hydrogen-bond donors (Lipinski definition) is 2. The zero-order chi connectivity index (χ0) is 26.1. The smallest absolute Gasteiger partial charge is 0.269 e. The van der Waals surface area contributed by atoms with Crippen molar-refractivity contribution in [3.8, 4) is 11.5 Å². The highest BCUT2D eigenvalue weighted by Crippen LogP contribution is 2.32. The summed E-state index contributed by atoms with van der Waals surface area (Å²) in [6.45, 7) is 0.670. The van der Waals surface area contributed by atoms with Crippen LogP contribution in [0.1, 0.15) is 24.1 Å². The fourth-order valence-corrected chi connectivity index (χ4v) is 4.81. The van der Waals surface area contributed by atoms with E-state index in [2.05, 4.69) is 21.8 Å². The first-order valence-corrected chi connectivity index (χ1v) is 12.9. The summed E-state index contributed by atoms with van der Waals surface area (Å²) in [5.41, 5.74) is 5.16. The molecule has 0 saturated carbocycles. The highest BCUT2D eigenvalue weighted by Gasteiger charge is 2.27. The number of para-hydroxylation sites is 2. The maximum atomic E-state index is 12.9. The van der Waals surface area contributed by atoms with Gasteiger partial charge in [-0.2, -0.15) is 9.61 Å². The Morgan fingerprint density at radius 2 is 1.95 bits per heavy atom. The fourth-order valence-electron chi connectivity index (χ4n) is 4.53. The van der Waals surface area contributed by atoms with Gasteiger partial charge < -0.3 is 20.1 Å². The molecule has 0 bridgehead atoms. The van der Waals surface area contributed by atoms with Crippen molar-refractivity contribution in [2.45, 2.75) is 25.5 Å². The number of rotatable bonds is 6. The van der Waals surface area contributed by atoms with E-state index in [0.717, 1.165) is 51.6 Å². The van der Waals surface area contributed by atoms with Gasteiger partial charge in [-0.25, -0.2) is 4.98 Å². The van der Waals surface area contributed by atoms with Crippen LogP contribution in [0.5, 0.6) is 11.5 Å². The van der Waals surface area contributed by atoms with Crippen molar-refractivity contribution in [1.29, 1.82) is 0 Å². The minimum atomic E-state index is -0.728. The maximum absolute atomic E-state index is 12.9. The number of ether oxygens (including phenoxy) is 2. The number of halogens is 1. The third kappa shape index (κ3) is 4.85. The monoisotopic (exact) mass is 525 g/mol. The van der Waals surface area contributed by atoms with Crippen LogP contribution in [-0.4, -0.2) is 41.1 Å². The summed E-state index contributed by atoms with van der Waals surface area (Å²) in [5, 5.41) is 11.6. The molecule has 2 aromatic heterocycles. The molecule has 0 saturated heterocycles. The third-order valence-electron chi connectivity index (χ3n) is 6.49. The standard InChI is InChI=1S/C28H25BClN5O3/c29-20-15-32-35-26(13-22(34-27(20)35)19-8-1-2-9-21(19)30)31-14-17-6-5-7-18(12-17)33-28(36)25-16-37-23-10-3-4-11-24(23)38-25/h3-13,15,25,31H,1-2,14,16,29H2,(H,33,36). The van der Waals surface area contributed by atoms with Crippen molar-refractivity contribution in [2.75, 3.05) is 17.2 Å². The number of carbonyl (C=O) groups is 1. The van der Waals surface area contributed by atoms with Gasteiger partial charge >= 0.3 is 0 Å². The Morgan fingerprint density at radius 3 is 2.82 bits per heavy atom. The average molecular weight is 526 g/mol. The van der Waals surface area contributed by atoms with Gasteiger partial charge in [0.05, 0.1) is 5.69 Å². The van der Waals surface area contributed by atoms with E-state index < -0.39 is 6.10 Å². The Labute approximate surface area is 225 Å². The molecule has 10 heteroatoms. The van der Waals surface area contributed by atoms with E-state index in [-0.39, 0.29) is 12.5 Å². The Kier molecular flexibility index (Phi) is 6.51. The van der Waals surface area contributed by atoms with Crippen molar-refractivity contribution < 1.29 is 14.3 Å². The van der Waals surface area contributed by atoms with Crippen molar-refractivity contribution in [3.63, 3.8) is 0 Å².